The Bertz CT molecular complexity index is 1200. The van der Waals surface area contributed by atoms with Gasteiger partial charge in [0.1, 0.15) is 29.3 Å². The van der Waals surface area contributed by atoms with Crippen LogP contribution in [0.2, 0.25) is 0 Å². The molecule has 2 unspecified atom stereocenters. The third-order valence-corrected chi connectivity index (χ3v) is 6.06. The summed E-state index contributed by atoms with van der Waals surface area (Å²) in [5, 5.41) is 8.68. The molecule has 3 N–H and O–H groups in total. The third-order valence-electron chi connectivity index (χ3n) is 6.06. The number of hydrogen-bond acceptors (Lipinski definition) is 4. The average molecular weight is 527 g/mol. The summed E-state index contributed by atoms with van der Waals surface area (Å²) in [6, 6.07) is 12.5. The van der Waals surface area contributed by atoms with E-state index in [4.69, 9.17) is 0 Å². The highest BCUT2D eigenvalue weighted by Crippen LogP contribution is 2.12. The van der Waals surface area contributed by atoms with Crippen LogP contribution in [0.15, 0.2) is 60.8 Å². The number of aryl methyl sites for hydroxylation is 1. The first-order valence-corrected chi connectivity index (χ1v) is 12.7. The molecule has 0 saturated heterocycles. The lowest BCUT2D eigenvalue weighted by Gasteiger charge is -2.18. The minimum atomic E-state index is -0.811. The molecule has 0 fully saturated rings. The molecule has 1 aromatic heterocycles. The number of anilines is 1. The summed E-state index contributed by atoms with van der Waals surface area (Å²) in [5.41, 5.74) is 1.80. The molecule has 2 atom stereocenters. The van der Waals surface area contributed by atoms with Crippen LogP contribution in [0.3, 0.4) is 0 Å². The molecule has 0 aliphatic rings. The monoisotopic (exact) mass is 526 g/mol. The molecular formula is C29H33F3N4O2. The summed E-state index contributed by atoms with van der Waals surface area (Å²) in [5.74, 6) is -2.33. The highest BCUT2D eigenvalue weighted by Gasteiger charge is 2.21. The van der Waals surface area contributed by atoms with Gasteiger partial charge in [-0.05, 0) is 61.6 Å². The van der Waals surface area contributed by atoms with E-state index in [-0.39, 0.29) is 23.8 Å². The fourth-order valence-electron chi connectivity index (χ4n) is 3.97. The molecule has 0 radical (unpaired) electrons. The van der Waals surface area contributed by atoms with E-state index in [9.17, 15) is 22.8 Å². The van der Waals surface area contributed by atoms with E-state index in [1.165, 1.54) is 6.07 Å². The molecular weight excluding hydrogens is 493 g/mol. The molecule has 0 spiro atoms. The number of rotatable bonds is 13. The van der Waals surface area contributed by atoms with Crippen LogP contribution in [-0.4, -0.2) is 28.9 Å². The highest BCUT2D eigenvalue weighted by atomic mass is 19.1. The van der Waals surface area contributed by atoms with Crippen LogP contribution >= 0.6 is 0 Å². The van der Waals surface area contributed by atoms with Gasteiger partial charge >= 0.3 is 0 Å². The summed E-state index contributed by atoms with van der Waals surface area (Å²) in [6.45, 7) is 4.37. The minimum absolute atomic E-state index is 0.163. The van der Waals surface area contributed by atoms with Gasteiger partial charge in [0, 0.05) is 30.4 Å². The van der Waals surface area contributed by atoms with Crippen LogP contribution in [0.5, 0.6) is 0 Å². The predicted molar refractivity (Wildman–Crippen MR) is 141 cm³/mol. The van der Waals surface area contributed by atoms with Crippen LogP contribution < -0.4 is 16.0 Å². The van der Waals surface area contributed by atoms with E-state index in [1.54, 1.807) is 24.4 Å². The summed E-state index contributed by atoms with van der Waals surface area (Å²) in [7, 11) is 0. The zero-order valence-electron chi connectivity index (χ0n) is 21.6. The maximum absolute atomic E-state index is 13.8. The Hall–Kier alpha value is -3.72. The van der Waals surface area contributed by atoms with Gasteiger partial charge in [0.2, 0.25) is 11.8 Å². The molecule has 0 aliphatic carbocycles. The fraction of sp³-hybridized carbons (Fsp3) is 0.345. The Morgan fingerprint density at radius 2 is 1.68 bits per heavy atom. The molecule has 9 heteroatoms. The standard InChI is InChI=1S/C29H33F3N4O2/c1-3-6-26(35-28(37)15-21-13-23(30)16-24(31)14-21)29(38)36-27-12-11-20(17-34-27)10-9-19(2)33-18-22-7-4-5-8-25(22)32/h4-5,7-8,11-14,16-17,19,26,33H,3,6,9-10,15,18H2,1-2H3,(H,35,37)(H,34,36,38). The number of hydrogen-bond donors (Lipinski definition) is 3. The van der Waals surface area contributed by atoms with Crippen molar-refractivity contribution in [2.75, 3.05) is 5.32 Å². The van der Waals surface area contributed by atoms with Crippen molar-refractivity contribution in [1.82, 2.24) is 15.6 Å². The quantitative estimate of drug-likeness (QED) is 0.290. The Kier molecular flexibility index (Phi) is 10.8. The van der Waals surface area contributed by atoms with E-state index in [2.05, 4.69) is 20.9 Å². The maximum atomic E-state index is 13.8. The third kappa shape index (κ3) is 9.30. The largest absolute Gasteiger partial charge is 0.344 e. The molecule has 0 saturated carbocycles. The van der Waals surface area contributed by atoms with Crippen molar-refractivity contribution in [2.24, 2.45) is 0 Å². The number of halogens is 3. The molecule has 0 bridgehead atoms. The smallest absolute Gasteiger partial charge is 0.248 e. The number of aromatic nitrogens is 1. The Morgan fingerprint density at radius 1 is 0.947 bits per heavy atom. The van der Waals surface area contributed by atoms with Gasteiger partial charge in [-0.1, -0.05) is 37.6 Å². The number of carbonyl (C=O) groups is 2. The first-order chi connectivity index (χ1) is 18.2. The normalized spacial score (nSPS) is 12.6. The van der Waals surface area contributed by atoms with Gasteiger partial charge in [-0.25, -0.2) is 18.2 Å². The number of nitrogens with one attached hydrogen (secondary N) is 3. The summed E-state index contributed by atoms with van der Waals surface area (Å²) >= 11 is 0. The van der Waals surface area contributed by atoms with E-state index in [1.807, 2.05) is 26.0 Å². The molecule has 6 nitrogen and oxygen atoms in total. The van der Waals surface area contributed by atoms with Crippen molar-refractivity contribution in [3.8, 4) is 0 Å². The topological polar surface area (TPSA) is 83.1 Å². The first-order valence-electron chi connectivity index (χ1n) is 12.7. The van der Waals surface area contributed by atoms with Gasteiger partial charge in [-0.15, -0.1) is 0 Å². The SMILES string of the molecule is CCCC(NC(=O)Cc1cc(F)cc(F)c1)C(=O)Nc1ccc(CCC(C)NCc2ccccc2F)cn1. The Balaban J connectivity index is 1.47. The summed E-state index contributed by atoms with van der Waals surface area (Å²) in [4.78, 5) is 29.5. The van der Waals surface area contributed by atoms with Crippen LogP contribution in [0.1, 0.15) is 49.8 Å². The van der Waals surface area contributed by atoms with Gasteiger partial charge in [-0.3, -0.25) is 9.59 Å². The summed E-state index contributed by atoms with van der Waals surface area (Å²) < 4.78 is 40.6. The lowest BCUT2D eigenvalue weighted by Crippen LogP contribution is -2.44. The van der Waals surface area contributed by atoms with Gasteiger partial charge < -0.3 is 16.0 Å². The van der Waals surface area contributed by atoms with Gasteiger partial charge in [-0.2, -0.15) is 0 Å². The van der Waals surface area contributed by atoms with Crippen molar-refractivity contribution >= 4 is 17.6 Å². The van der Waals surface area contributed by atoms with Crippen molar-refractivity contribution in [2.45, 2.75) is 64.6 Å². The minimum Gasteiger partial charge on any atom is -0.344 e. The highest BCUT2D eigenvalue weighted by molar-refractivity contribution is 5.96. The van der Waals surface area contributed by atoms with E-state index in [0.717, 1.165) is 36.6 Å². The Labute approximate surface area is 221 Å². The second-order valence-electron chi connectivity index (χ2n) is 9.32. The number of carbonyl (C=O) groups excluding carboxylic acids is 2. The molecule has 3 aromatic rings. The molecule has 202 valence electrons. The zero-order chi connectivity index (χ0) is 27.5. The maximum Gasteiger partial charge on any atom is 0.248 e. The van der Waals surface area contributed by atoms with Gasteiger partial charge in [0.15, 0.2) is 0 Å². The summed E-state index contributed by atoms with van der Waals surface area (Å²) in [6.07, 6.45) is 4.05. The molecule has 0 aliphatic heterocycles. The van der Waals surface area contributed by atoms with Crippen molar-refractivity contribution in [3.63, 3.8) is 0 Å². The lowest BCUT2D eigenvalue weighted by molar-refractivity contribution is -0.126. The van der Waals surface area contributed by atoms with E-state index in [0.29, 0.717) is 30.8 Å². The van der Waals surface area contributed by atoms with E-state index < -0.39 is 29.5 Å². The molecule has 2 amide bonds. The fourth-order valence-corrected chi connectivity index (χ4v) is 3.97. The number of pyridine rings is 1. The zero-order valence-corrected chi connectivity index (χ0v) is 21.6. The first kappa shape index (κ1) is 28.8. The average Bonchev–Trinajstić information content (AvgIpc) is 2.87. The molecule has 38 heavy (non-hydrogen) atoms. The van der Waals surface area contributed by atoms with Crippen molar-refractivity contribution in [1.29, 1.82) is 0 Å². The second kappa shape index (κ2) is 14.3. The number of benzene rings is 2. The van der Waals surface area contributed by atoms with Gasteiger partial charge in [0.25, 0.3) is 0 Å². The number of amides is 2. The van der Waals surface area contributed by atoms with Crippen LogP contribution in [0, 0.1) is 17.5 Å². The van der Waals surface area contributed by atoms with Crippen LogP contribution in [0.25, 0.3) is 0 Å². The predicted octanol–water partition coefficient (Wildman–Crippen LogP) is 5.08. The number of nitrogens with zero attached hydrogens (tertiary/aromatic N) is 1. The van der Waals surface area contributed by atoms with Crippen molar-refractivity contribution in [3.05, 3.63) is 94.9 Å². The molecule has 1 heterocycles. The van der Waals surface area contributed by atoms with Crippen LogP contribution in [0.4, 0.5) is 19.0 Å². The molecule has 2 aromatic carbocycles. The Morgan fingerprint density at radius 3 is 2.34 bits per heavy atom. The van der Waals surface area contributed by atoms with Crippen molar-refractivity contribution < 1.29 is 22.8 Å². The second-order valence-corrected chi connectivity index (χ2v) is 9.32. The molecule has 3 rings (SSSR count). The van der Waals surface area contributed by atoms with E-state index >= 15 is 0 Å². The van der Waals surface area contributed by atoms with Crippen LogP contribution in [-0.2, 0) is 29.0 Å². The van der Waals surface area contributed by atoms with Gasteiger partial charge in [0.05, 0.1) is 6.42 Å². The lowest BCUT2D eigenvalue weighted by atomic mass is 10.1.